The van der Waals surface area contributed by atoms with Gasteiger partial charge in [0, 0.05) is 16.5 Å². The fourth-order valence-corrected chi connectivity index (χ4v) is 4.23. The molecule has 0 amide bonds. The van der Waals surface area contributed by atoms with Crippen LogP contribution in [0.25, 0.3) is 15.8 Å². The summed E-state index contributed by atoms with van der Waals surface area (Å²) in [5.41, 5.74) is 4.64. The monoisotopic (exact) mass is 268 g/mol. The molecule has 1 unspecified atom stereocenters. The van der Waals surface area contributed by atoms with Crippen molar-refractivity contribution in [2.24, 2.45) is 5.41 Å². The topological polar surface area (TPSA) is 0 Å². The quantitative estimate of drug-likeness (QED) is 0.593. The molecule has 2 aliphatic carbocycles. The summed E-state index contributed by atoms with van der Waals surface area (Å²) in [6.45, 7) is 4.73. The van der Waals surface area contributed by atoms with Crippen LogP contribution in [-0.2, 0) is 6.42 Å². The second kappa shape index (κ2) is 3.64. The van der Waals surface area contributed by atoms with Gasteiger partial charge in [0.25, 0.3) is 0 Å². The van der Waals surface area contributed by atoms with Gasteiger partial charge in [-0.15, -0.1) is 0 Å². The number of allylic oxidation sites excluding steroid dienone is 1. The highest BCUT2D eigenvalue weighted by Gasteiger charge is 2.34. The van der Waals surface area contributed by atoms with E-state index in [0.717, 1.165) is 5.03 Å². The molecule has 0 aliphatic heterocycles. The molecule has 0 fully saturated rings. The number of halogens is 1. The summed E-state index contributed by atoms with van der Waals surface area (Å²) in [5.74, 6) is 0.491. The van der Waals surface area contributed by atoms with E-state index in [4.69, 9.17) is 11.6 Å². The van der Waals surface area contributed by atoms with Crippen molar-refractivity contribution in [3.63, 3.8) is 0 Å². The van der Waals surface area contributed by atoms with Crippen LogP contribution in [0, 0.1) is 5.41 Å². The molecule has 0 spiro atoms. The van der Waals surface area contributed by atoms with Gasteiger partial charge in [-0.2, -0.15) is 0 Å². The highest BCUT2D eigenvalue weighted by Crippen LogP contribution is 2.50. The van der Waals surface area contributed by atoms with Crippen LogP contribution < -0.4 is 0 Å². The van der Waals surface area contributed by atoms with Gasteiger partial charge in [0.1, 0.15) is 0 Å². The second-order valence-electron chi connectivity index (χ2n) is 6.71. The maximum atomic E-state index is 6.52. The highest BCUT2D eigenvalue weighted by molar-refractivity contribution is 6.50. The second-order valence-corrected chi connectivity index (χ2v) is 7.12. The number of rotatable bonds is 0. The third-order valence-corrected chi connectivity index (χ3v) is 4.92. The molecular formula is C18H17Cl. The smallest absolute Gasteiger partial charge is 0.0451 e. The molecule has 0 bridgehead atoms. The lowest BCUT2D eigenvalue weighted by atomic mass is 9.66. The molecule has 2 aromatic rings. The largest absolute Gasteiger partial charge is 0.0840 e. The Labute approximate surface area is 119 Å². The summed E-state index contributed by atoms with van der Waals surface area (Å²) in [5, 5.41) is 3.65. The maximum Gasteiger partial charge on any atom is 0.0451 e. The Morgan fingerprint density at radius 3 is 2.84 bits per heavy atom. The number of benzene rings is 2. The zero-order valence-corrected chi connectivity index (χ0v) is 12.1. The Kier molecular flexibility index (Phi) is 2.21. The Hall–Kier alpha value is -1.27. The molecule has 2 aliphatic rings. The molecule has 0 saturated carbocycles. The average molecular weight is 269 g/mol. The molecule has 96 valence electrons. The average Bonchev–Trinajstić information content (AvgIpc) is 2.35. The summed E-state index contributed by atoms with van der Waals surface area (Å²) in [7, 11) is 0. The van der Waals surface area contributed by atoms with Crippen molar-refractivity contribution in [2.45, 2.75) is 32.6 Å². The first-order chi connectivity index (χ1) is 9.05. The molecule has 0 N–H and O–H groups in total. The number of hydrogen-bond acceptors (Lipinski definition) is 0. The van der Waals surface area contributed by atoms with E-state index in [1.165, 1.54) is 40.3 Å². The lowest BCUT2D eigenvalue weighted by Gasteiger charge is -2.38. The van der Waals surface area contributed by atoms with Gasteiger partial charge in [0.05, 0.1) is 0 Å². The molecule has 0 heterocycles. The Balaban J connectivity index is 2.12. The molecule has 1 heteroatoms. The molecule has 0 saturated heterocycles. The first kappa shape index (κ1) is 11.5. The first-order valence-electron chi connectivity index (χ1n) is 6.97. The van der Waals surface area contributed by atoms with Gasteiger partial charge in [-0.05, 0) is 40.2 Å². The van der Waals surface area contributed by atoms with E-state index < -0.39 is 0 Å². The zero-order chi connectivity index (χ0) is 13.2. The van der Waals surface area contributed by atoms with E-state index in [0.29, 0.717) is 11.3 Å². The van der Waals surface area contributed by atoms with Crippen LogP contribution in [0.4, 0.5) is 0 Å². The van der Waals surface area contributed by atoms with Crippen LogP contribution in [0.3, 0.4) is 0 Å². The van der Waals surface area contributed by atoms with Crippen molar-refractivity contribution < 1.29 is 0 Å². The molecule has 19 heavy (non-hydrogen) atoms. The van der Waals surface area contributed by atoms with Crippen molar-refractivity contribution in [1.29, 1.82) is 0 Å². The third-order valence-electron chi connectivity index (χ3n) is 4.59. The van der Waals surface area contributed by atoms with E-state index >= 15 is 0 Å². The summed E-state index contributed by atoms with van der Waals surface area (Å²) in [6, 6.07) is 11.0. The predicted molar refractivity (Wildman–Crippen MR) is 82.6 cm³/mol. The molecule has 0 radical (unpaired) electrons. The molecule has 0 aromatic heterocycles. The first-order valence-corrected chi connectivity index (χ1v) is 7.35. The molecule has 1 atom stereocenters. The Morgan fingerprint density at radius 1 is 1.16 bits per heavy atom. The summed E-state index contributed by atoms with van der Waals surface area (Å²) in [4.78, 5) is 0. The van der Waals surface area contributed by atoms with Gasteiger partial charge < -0.3 is 0 Å². The lowest BCUT2D eigenvalue weighted by molar-refractivity contribution is 0.300. The fourth-order valence-electron chi connectivity index (χ4n) is 3.92. The Bertz CT molecular complexity index is 722. The van der Waals surface area contributed by atoms with Gasteiger partial charge in [-0.3, -0.25) is 0 Å². The van der Waals surface area contributed by atoms with Crippen LogP contribution in [0.2, 0.25) is 0 Å². The van der Waals surface area contributed by atoms with Crippen LogP contribution >= 0.6 is 11.6 Å². The normalized spacial score (nSPS) is 23.3. The van der Waals surface area contributed by atoms with E-state index in [1.807, 2.05) is 0 Å². The summed E-state index contributed by atoms with van der Waals surface area (Å²) < 4.78 is 0. The summed E-state index contributed by atoms with van der Waals surface area (Å²) >= 11 is 6.52. The van der Waals surface area contributed by atoms with Gasteiger partial charge in [-0.1, -0.05) is 61.9 Å². The maximum absolute atomic E-state index is 6.52. The minimum atomic E-state index is 0.366. The van der Waals surface area contributed by atoms with Crippen molar-refractivity contribution in [2.75, 3.05) is 0 Å². The van der Waals surface area contributed by atoms with E-state index in [-0.39, 0.29) is 0 Å². The van der Waals surface area contributed by atoms with Crippen LogP contribution in [0.15, 0.2) is 36.4 Å². The van der Waals surface area contributed by atoms with Crippen molar-refractivity contribution in [1.82, 2.24) is 0 Å². The fraction of sp³-hybridized carbons (Fsp3) is 0.333. The van der Waals surface area contributed by atoms with Crippen LogP contribution in [-0.4, -0.2) is 0 Å². The van der Waals surface area contributed by atoms with Gasteiger partial charge >= 0.3 is 0 Å². The highest BCUT2D eigenvalue weighted by atomic mass is 35.5. The number of hydrogen-bond donors (Lipinski definition) is 0. The van der Waals surface area contributed by atoms with Crippen LogP contribution in [0.5, 0.6) is 0 Å². The van der Waals surface area contributed by atoms with Crippen molar-refractivity contribution in [3.8, 4) is 0 Å². The van der Waals surface area contributed by atoms with Crippen molar-refractivity contribution in [3.05, 3.63) is 53.1 Å². The SMILES string of the molecule is CC1(C)Cc2ccc3cccc4c3c2C(C=C4Cl)C1. The predicted octanol–water partition coefficient (Wildman–Crippen LogP) is 5.49. The van der Waals surface area contributed by atoms with Gasteiger partial charge in [0.2, 0.25) is 0 Å². The standard InChI is InChI=1S/C18H17Cl/c1-18(2)9-12-7-6-11-4-3-5-14-15(19)8-13(10-18)16(12)17(11)14/h3-8,13H,9-10H2,1-2H3. The molecule has 0 nitrogen and oxygen atoms in total. The zero-order valence-electron chi connectivity index (χ0n) is 11.3. The van der Waals surface area contributed by atoms with Crippen molar-refractivity contribution >= 4 is 27.4 Å². The van der Waals surface area contributed by atoms with E-state index in [9.17, 15) is 0 Å². The van der Waals surface area contributed by atoms with Gasteiger partial charge in [0.15, 0.2) is 0 Å². The van der Waals surface area contributed by atoms with E-state index in [1.54, 1.807) is 0 Å². The molecule has 4 rings (SSSR count). The molecular weight excluding hydrogens is 252 g/mol. The molecule has 2 aromatic carbocycles. The minimum absolute atomic E-state index is 0.366. The minimum Gasteiger partial charge on any atom is -0.0840 e. The third kappa shape index (κ3) is 1.59. The Morgan fingerprint density at radius 2 is 2.00 bits per heavy atom. The summed E-state index contributed by atoms with van der Waals surface area (Å²) in [6.07, 6.45) is 4.64. The van der Waals surface area contributed by atoms with Gasteiger partial charge in [-0.25, -0.2) is 0 Å². The van der Waals surface area contributed by atoms with E-state index in [2.05, 4.69) is 50.3 Å². The van der Waals surface area contributed by atoms with Crippen LogP contribution in [0.1, 0.15) is 42.9 Å². The lowest BCUT2D eigenvalue weighted by Crippen LogP contribution is -2.26.